The Bertz CT molecular complexity index is 308. The van der Waals surface area contributed by atoms with E-state index in [1.54, 1.807) is 0 Å². The monoisotopic (exact) mass is 239 g/mol. The maximum Gasteiger partial charge on any atom is 0.308 e. The maximum atomic E-state index is 11.9. The highest BCUT2D eigenvalue weighted by Crippen LogP contribution is 2.32. The third-order valence-electron chi connectivity index (χ3n) is 4.07. The second kappa shape index (κ2) is 5.07. The molecule has 0 saturated heterocycles. The SMILES string of the molecule is COC(=O)C1CCC(C(=O)NC2CC2C)CC1. The van der Waals surface area contributed by atoms with Gasteiger partial charge in [0.15, 0.2) is 0 Å². The van der Waals surface area contributed by atoms with E-state index in [0.717, 1.165) is 32.1 Å². The summed E-state index contributed by atoms with van der Waals surface area (Å²) in [5.74, 6) is 0.806. The highest BCUT2D eigenvalue weighted by Gasteiger charge is 2.37. The van der Waals surface area contributed by atoms with Crippen LogP contribution in [0.2, 0.25) is 0 Å². The molecule has 0 aromatic heterocycles. The Balaban J connectivity index is 1.74. The van der Waals surface area contributed by atoms with Crippen LogP contribution >= 0.6 is 0 Å². The van der Waals surface area contributed by atoms with Gasteiger partial charge in [0.2, 0.25) is 5.91 Å². The van der Waals surface area contributed by atoms with E-state index >= 15 is 0 Å². The molecule has 0 aromatic rings. The molecule has 2 unspecified atom stereocenters. The molecule has 2 atom stereocenters. The fourth-order valence-corrected chi connectivity index (χ4v) is 2.58. The molecule has 4 nitrogen and oxygen atoms in total. The van der Waals surface area contributed by atoms with Gasteiger partial charge in [-0.15, -0.1) is 0 Å². The Labute approximate surface area is 102 Å². The first-order valence-electron chi connectivity index (χ1n) is 6.50. The molecular formula is C13H21NO3. The van der Waals surface area contributed by atoms with Gasteiger partial charge in [-0.1, -0.05) is 6.92 Å². The molecule has 96 valence electrons. The first kappa shape index (κ1) is 12.4. The van der Waals surface area contributed by atoms with Crippen molar-refractivity contribution in [3.63, 3.8) is 0 Å². The van der Waals surface area contributed by atoms with E-state index in [4.69, 9.17) is 4.74 Å². The highest BCUT2D eigenvalue weighted by molar-refractivity contribution is 5.80. The van der Waals surface area contributed by atoms with Gasteiger partial charge in [-0.05, 0) is 38.0 Å². The summed E-state index contributed by atoms with van der Waals surface area (Å²) in [5, 5.41) is 3.08. The van der Waals surface area contributed by atoms with Gasteiger partial charge >= 0.3 is 5.97 Å². The number of esters is 1. The van der Waals surface area contributed by atoms with Crippen molar-refractivity contribution in [2.45, 2.75) is 45.1 Å². The molecule has 2 saturated carbocycles. The number of carbonyl (C=O) groups excluding carboxylic acids is 2. The summed E-state index contributed by atoms with van der Waals surface area (Å²) in [6.45, 7) is 2.15. The molecule has 2 aliphatic rings. The lowest BCUT2D eigenvalue weighted by molar-refractivity contribution is -0.147. The molecule has 2 aliphatic carbocycles. The van der Waals surface area contributed by atoms with Gasteiger partial charge in [0.1, 0.15) is 0 Å². The number of carbonyl (C=O) groups is 2. The van der Waals surface area contributed by atoms with E-state index in [9.17, 15) is 9.59 Å². The average Bonchev–Trinajstić information content (AvgIpc) is 3.04. The number of hydrogen-bond acceptors (Lipinski definition) is 3. The summed E-state index contributed by atoms with van der Waals surface area (Å²) in [7, 11) is 1.43. The predicted octanol–water partition coefficient (Wildman–Crippen LogP) is 1.49. The van der Waals surface area contributed by atoms with Gasteiger partial charge in [-0.25, -0.2) is 0 Å². The van der Waals surface area contributed by atoms with Crippen LogP contribution in [0.4, 0.5) is 0 Å². The number of nitrogens with one attached hydrogen (secondary N) is 1. The quantitative estimate of drug-likeness (QED) is 0.759. The van der Waals surface area contributed by atoms with Crippen LogP contribution in [0.15, 0.2) is 0 Å². The Morgan fingerprint density at radius 3 is 2.12 bits per heavy atom. The van der Waals surface area contributed by atoms with E-state index in [-0.39, 0.29) is 23.7 Å². The lowest BCUT2D eigenvalue weighted by atomic mass is 9.81. The molecule has 0 aromatic carbocycles. The van der Waals surface area contributed by atoms with Gasteiger partial charge in [-0.3, -0.25) is 9.59 Å². The zero-order valence-corrected chi connectivity index (χ0v) is 10.6. The zero-order valence-electron chi connectivity index (χ0n) is 10.6. The van der Waals surface area contributed by atoms with E-state index in [1.165, 1.54) is 7.11 Å². The molecule has 17 heavy (non-hydrogen) atoms. The fraction of sp³-hybridized carbons (Fsp3) is 0.846. The van der Waals surface area contributed by atoms with Crippen LogP contribution in [0.25, 0.3) is 0 Å². The third kappa shape index (κ3) is 2.99. The molecular weight excluding hydrogens is 218 g/mol. The highest BCUT2D eigenvalue weighted by atomic mass is 16.5. The summed E-state index contributed by atoms with van der Waals surface area (Å²) < 4.78 is 4.73. The summed E-state index contributed by atoms with van der Waals surface area (Å²) >= 11 is 0. The molecule has 2 rings (SSSR count). The van der Waals surface area contributed by atoms with Crippen LogP contribution in [-0.4, -0.2) is 25.0 Å². The molecule has 0 heterocycles. The molecule has 0 radical (unpaired) electrons. The molecule has 0 spiro atoms. The summed E-state index contributed by atoms with van der Waals surface area (Å²) in [6, 6.07) is 0.404. The second-order valence-corrected chi connectivity index (χ2v) is 5.40. The number of hydrogen-bond donors (Lipinski definition) is 1. The minimum Gasteiger partial charge on any atom is -0.469 e. The van der Waals surface area contributed by atoms with Gasteiger partial charge in [0.25, 0.3) is 0 Å². The molecule has 1 N–H and O–H groups in total. The Hall–Kier alpha value is -1.06. The number of rotatable bonds is 3. The van der Waals surface area contributed by atoms with Crippen molar-refractivity contribution in [3.8, 4) is 0 Å². The van der Waals surface area contributed by atoms with Crippen molar-refractivity contribution >= 4 is 11.9 Å². The largest absolute Gasteiger partial charge is 0.469 e. The third-order valence-corrected chi connectivity index (χ3v) is 4.07. The summed E-state index contributed by atoms with van der Waals surface area (Å²) in [6.07, 6.45) is 4.30. The van der Waals surface area contributed by atoms with Gasteiger partial charge in [0, 0.05) is 12.0 Å². The maximum absolute atomic E-state index is 11.9. The average molecular weight is 239 g/mol. The first-order valence-corrected chi connectivity index (χ1v) is 6.50. The summed E-state index contributed by atoms with van der Waals surface area (Å²) in [4.78, 5) is 23.3. The Kier molecular flexibility index (Phi) is 3.69. The normalized spacial score (nSPS) is 36.1. The van der Waals surface area contributed by atoms with Crippen LogP contribution in [0.1, 0.15) is 39.0 Å². The van der Waals surface area contributed by atoms with Crippen molar-refractivity contribution < 1.29 is 14.3 Å². The lowest BCUT2D eigenvalue weighted by Gasteiger charge is -2.26. The topological polar surface area (TPSA) is 55.4 Å². The Morgan fingerprint density at radius 2 is 1.65 bits per heavy atom. The van der Waals surface area contributed by atoms with Crippen LogP contribution in [0.5, 0.6) is 0 Å². The lowest BCUT2D eigenvalue weighted by Crippen LogP contribution is -2.36. The van der Waals surface area contributed by atoms with Crippen LogP contribution in [0, 0.1) is 17.8 Å². The smallest absolute Gasteiger partial charge is 0.308 e. The molecule has 0 aliphatic heterocycles. The zero-order chi connectivity index (χ0) is 12.4. The first-order chi connectivity index (χ1) is 8.11. The minimum atomic E-state index is -0.125. The minimum absolute atomic E-state index is 0.00361. The van der Waals surface area contributed by atoms with Gasteiger partial charge in [-0.2, -0.15) is 0 Å². The Morgan fingerprint density at radius 1 is 1.12 bits per heavy atom. The van der Waals surface area contributed by atoms with Crippen molar-refractivity contribution in [3.05, 3.63) is 0 Å². The molecule has 2 fully saturated rings. The van der Waals surface area contributed by atoms with Crippen molar-refractivity contribution in [1.29, 1.82) is 0 Å². The van der Waals surface area contributed by atoms with Crippen molar-refractivity contribution in [2.24, 2.45) is 17.8 Å². The van der Waals surface area contributed by atoms with E-state index in [0.29, 0.717) is 12.0 Å². The summed E-state index contributed by atoms with van der Waals surface area (Å²) in [5.41, 5.74) is 0. The number of amides is 1. The number of ether oxygens (including phenoxy) is 1. The van der Waals surface area contributed by atoms with E-state index in [2.05, 4.69) is 12.2 Å². The van der Waals surface area contributed by atoms with Crippen LogP contribution in [-0.2, 0) is 14.3 Å². The van der Waals surface area contributed by atoms with Gasteiger partial charge in [0.05, 0.1) is 13.0 Å². The van der Waals surface area contributed by atoms with Crippen molar-refractivity contribution in [1.82, 2.24) is 5.32 Å². The predicted molar refractivity (Wildman–Crippen MR) is 63.2 cm³/mol. The van der Waals surface area contributed by atoms with E-state index < -0.39 is 0 Å². The molecule has 4 heteroatoms. The van der Waals surface area contributed by atoms with E-state index in [1.807, 2.05) is 0 Å². The molecule has 0 bridgehead atoms. The van der Waals surface area contributed by atoms with Gasteiger partial charge < -0.3 is 10.1 Å². The van der Waals surface area contributed by atoms with Crippen LogP contribution < -0.4 is 5.32 Å². The molecule has 1 amide bonds. The second-order valence-electron chi connectivity index (χ2n) is 5.40. The van der Waals surface area contributed by atoms with Crippen LogP contribution in [0.3, 0.4) is 0 Å². The number of methoxy groups -OCH3 is 1. The van der Waals surface area contributed by atoms with Crippen molar-refractivity contribution in [2.75, 3.05) is 7.11 Å². The fourth-order valence-electron chi connectivity index (χ4n) is 2.58. The standard InChI is InChI=1S/C13H21NO3/c1-8-7-11(8)14-12(15)9-3-5-10(6-4-9)13(16)17-2/h8-11H,3-7H2,1-2H3,(H,14,15).